The van der Waals surface area contributed by atoms with Crippen LogP contribution >= 0.6 is 0 Å². The van der Waals surface area contributed by atoms with Gasteiger partial charge in [0.25, 0.3) is 0 Å². The number of hydrogen-bond acceptors (Lipinski definition) is 2. The Hall–Kier alpha value is -0.760. The van der Waals surface area contributed by atoms with Crippen molar-refractivity contribution < 1.29 is 4.42 Å². The minimum atomic E-state index is 0.668. The smallest absolute Gasteiger partial charge is 0.117 e. The molecule has 1 aliphatic rings. The van der Waals surface area contributed by atoms with Gasteiger partial charge in [0, 0.05) is 12.5 Å². The summed E-state index contributed by atoms with van der Waals surface area (Å²) in [6.45, 7) is 7.74. The van der Waals surface area contributed by atoms with Crippen molar-refractivity contribution in [1.29, 1.82) is 0 Å². The molecule has 0 spiro atoms. The molecule has 17 heavy (non-hydrogen) atoms. The van der Waals surface area contributed by atoms with Crippen LogP contribution in [0.15, 0.2) is 16.5 Å². The Balaban J connectivity index is 1.81. The van der Waals surface area contributed by atoms with E-state index in [1.807, 2.05) is 0 Å². The third-order valence-corrected chi connectivity index (χ3v) is 4.04. The van der Waals surface area contributed by atoms with Crippen molar-refractivity contribution in [3.63, 3.8) is 0 Å². The predicted molar refractivity (Wildman–Crippen MR) is 70.9 cm³/mol. The lowest BCUT2D eigenvalue weighted by atomic mass is 9.80. The van der Waals surface area contributed by atoms with E-state index in [4.69, 9.17) is 4.42 Å². The largest absolute Gasteiger partial charge is 0.465 e. The molecular formula is C15H25NO. The molecule has 1 heterocycles. The van der Waals surface area contributed by atoms with Crippen molar-refractivity contribution >= 4 is 0 Å². The molecule has 3 atom stereocenters. The first-order valence-corrected chi connectivity index (χ1v) is 7.00. The molecule has 2 heteroatoms. The molecule has 0 aromatic carbocycles. The Kier molecular flexibility index (Phi) is 4.27. The van der Waals surface area contributed by atoms with Crippen molar-refractivity contribution in [2.75, 3.05) is 0 Å². The SMILES string of the molecule is CCc1ccc(CNC2CCC(C)CC2C)o1. The van der Waals surface area contributed by atoms with Gasteiger partial charge in [0.1, 0.15) is 11.5 Å². The van der Waals surface area contributed by atoms with Crippen LogP contribution in [0.5, 0.6) is 0 Å². The van der Waals surface area contributed by atoms with Crippen molar-refractivity contribution in [3.8, 4) is 0 Å². The lowest BCUT2D eigenvalue weighted by Gasteiger charge is -2.33. The van der Waals surface area contributed by atoms with E-state index in [9.17, 15) is 0 Å². The second-order valence-electron chi connectivity index (χ2n) is 5.60. The Morgan fingerprint density at radius 1 is 1.24 bits per heavy atom. The van der Waals surface area contributed by atoms with E-state index >= 15 is 0 Å². The average Bonchev–Trinajstić information content (AvgIpc) is 2.76. The van der Waals surface area contributed by atoms with E-state index in [0.29, 0.717) is 6.04 Å². The van der Waals surface area contributed by atoms with Crippen molar-refractivity contribution in [2.45, 2.75) is 59.0 Å². The first-order valence-electron chi connectivity index (χ1n) is 7.00. The third kappa shape index (κ3) is 3.35. The van der Waals surface area contributed by atoms with E-state index in [1.54, 1.807) is 0 Å². The van der Waals surface area contributed by atoms with Crippen LogP contribution in [0.4, 0.5) is 0 Å². The van der Waals surface area contributed by atoms with Gasteiger partial charge in [-0.3, -0.25) is 0 Å². The molecule has 0 bridgehead atoms. The maximum absolute atomic E-state index is 5.72. The summed E-state index contributed by atoms with van der Waals surface area (Å²) in [5.74, 6) is 3.86. The summed E-state index contributed by atoms with van der Waals surface area (Å²) in [5.41, 5.74) is 0. The van der Waals surface area contributed by atoms with Crippen LogP contribution < -0.4 is 5.32 Å². The average molecular weight is 235 g/mol. The second-order valence-corrected chi connectivity index (χ2v) is 5.60. The van der Waals surface area contributed by atoms with E-state index < -0.39 is 0 Å². The molecule has 0 aliphatic heterocycles. The van der Waals surface area contributed by atoms with Crippen LogP contribution in [0.25, 0.3) is 0 Å². The minimum Gasteiger partial charge on any atom is -0.465 e. The normalized spacial score (nSPS) is 29.5. The second kappa shape index (κ2) is 5.72. The molecule has 0 amide bonds. The highest BCUT2D eigenvalue weighted by atomic mass is 16.3. The van der Waals surface area contributed by atoms with Gasteiger partial charge in [0.15, 0.2) is 0 Å². The van der Waals surface area contributed by atoms with Crippen LogP contribution in [0, 0.1) is 11.8 Å². The highest BCUT2D eigenvalue weighted by Crippen LogP contribution is 2.28. The fourth-order valence-electron chi connectivity index (χ4n) is 2.91. The molecule has 1 aromatic heterocycles. The van der Waals surface area contributed by atoms with E-state index in [0.717, 1.165) is 36.3 Å². The summed E-state index contributed by atoms with van der Waals surface area (Å²) < 4.78 is 5.72. The molecule has 1 aliphatic carbocycles. The van der Waals surface area contributed by atoms with Crippen molar-refractivity contribution in [1.82, 2.24) is 5.32 Å². The Morgan fingerprint density at radius 2 is 2.00 bits per heavy atom. The third-order valence-electron chi connectivity index (χ3n) is 4.04. The summed E-state index contributed by atoms with van der Waals surface area (Å²) in [6.07, 6.45) is 5.01. The zero-order valence-electron chi connectivity index (χ0n) is 11.3. The molecule has 1 saturated carbocycles. The van der Waals surface area contributed by atoms with Gasteiger partial charge in [0.05, 0.1) is 6.54 Å². The molecule has 2 nitrogen and oxygen atoms in total. The van der Waals surface area contributed by atoms with Crippen LogP contribution in [0.2, 0.25) is 0 Å². The van der Waals surface area contributed by atoms with E-state index in [1.165, 1.54) is 19.3 Å². The number of furan rings is 1. The monoisotopic (exact) mass is 235 g/mol. The van der Waals surface area contributed by atoms with Gasteiger partial charge in [-0.15, -0.1) is 0 Å². The molecular weight excluding hydrogens is 210 g/mol. The van der Waals surface area contributed by atoms with Gasteiger partial charge < -0.3 is 9.73 Å². The number of hydrogen-bond donors (Lipinski definition) is 1. The zero-order valence-corrected chi connectivity index (χ0v) is 11.3. The van der Waals surface area contributed by atoms with Crippen molar-refractivity contribution in [2.24, 2.45) is 11.8 Å². The molecule has 0 radical (unpaired) electrons. The van der Waals surface area contributed by atoms with E-state index in [2.05, 4.69) is 38.2 Å². The molecule has 1 aromatic rings. The zero-order chi connectivity index (χ0) is 12.3. The molecule has 96 valence electrons. The minimum absolute atomic E-state index is 0.668. The quantitative estimate of drug-likeness (QED) is 0.859. The Labute approximate surface area is 105 Å². The summed E-state index contributed by atoms with van der Waals surface area (Å²) in [6, 6.07) is 4.85. The molecule has 1 fully saturated rings. The van der Waals surface area contributed by atoms with Crippen LogP contribution in [0.1, 0.15) is 51.6 Å². The van der Waals surface area contributed by atoms with Gasteiger partial charge in [-0.25, -0.2) is 0 Å². The molecule has 3 unspecified atom stereocenters. The molecule has 1 N–H and O–H groups in total. The summed E-state index contributed by atoms with van der Waals surface area (Å²) >= 11 is 0. The fraction of sp³-hybridized carbons (Fsp3) is 0.733. The summed E-state index contributed by atoms with van der Waals surface area (Å²) in [7, 11) is 0. The number of aryl methyl sites for hydroxylation is 1. The van der Waals surface area contributed by atoms with Gasteiger partial charge in [-0.1, -0.05) is 20.8 Å². The van der Waals surface area contributed by atoms with Gasteiger partial charge >= 0.3 is 0 Å². The maximum Gasteiger partial charge on any atom is 0.117 e. The first kappa shape index (κ1) is 12.7. The topological polar surface area (TPSA) is 25.2 Å². The van der Waals surface area contributed by atoms with E-state index in [-0.39, 0.29) is 0 Å². The highest BCUT2D eigenvalue weighted by Gasteiger charge is 2.24. The van der Waals surface area contributed by atoms with Crippen LogP contribution in [0.3, 0.4) is 0 Å². The van der Waals surface area contributed by atoms with Crippen molar-refractivity contribution in [3.05, 3.63) is 23.7 Å². The Morgan fingerprint density at radius 3 is 2.65 bits per heavy atom. The lowest BCUT2D eigenvalue weighted by molar-refractivity contribution is 0.223. The first-order chi connectivity index (χ1) is 8.19. The van der Waals surface area contributed by atoms with Gasteiger partial charge in [0.2, 0.25) is 0 Å². The lowest BCUT2D eigenvalue weighted by Crippen LogP contribution is -2.38. The highest BCUT2D eigenvalue weighted by molar-refractivity contribution is 5.07. The molecule has 0 saturated heterocycles. The van der Waals surface area contributed by atoms with Gasteiger partial charge in [-0.05, 0) is 43.2 Å². The summed E-state index contributed by atoms with van der Waals surface area (Å²) in [4.78, 5) is 0. The van der Waals surface area contributed by atoms with Crippen LogP contribution in [-0.2, 0) is 13.0 Å². The van der Waals surface area contributed by atoms with Crippen LogP contribution in [-0.4, -0.2) is 6.04 Å². The fourth-order valence-corrected chi connectivity index (χ4v) is 2.91. The standard InChI is InChI=1S/C15H25NO/c1-4-13-6-7-14(17-13)10-16-15-8-5-11(2)9-12(15)3/h6-7,11-12,15-16H,4-5,8-10H2,1-3H3. The summed E-state index contributed by atoms with van der Waals surface area (Å²) in [5, 5.41) is 3.65. The predicted octanol–water partition coefficient (Wildman–Crippen LogP) is 3.76. The maximum atomic E-state index is 5.72. The van der Waals surface area contributed by atoms with Gasteiger partial charge in [-0.2, -0.15) is 0 Å². The molecule has 2 rings (SSSR count). The number of rotatable bonds is 4. The Bertz CT molecular complexity index is 344. The number of nitrogens with one attached hydrogen (secondary N) is 1.